The number of fused-ring (bicyclic) bond motifs is 1. The third-order valence-electron chi connectivity index (χ3n) is 3.76. The van der Waals surface area contributed by atoms with Crippen molar-refractivity contribution in [2.24, 2.45) is 7.05 Å². The normalized spacial score (nSPS) is 16.9. The molecule has 0 spiro atoms. The molecule has 0 fully saturated rings. The summed E-state index contributed by atoms with van der Waals surface area (Å²) >= 11 is 1.62. The molecule has 0 bridgehead atoms. The van der Waals surface area contributed by atoms with Gasteiger partial charge < -0.3 is 10.1 Å². The van der Waals surface area contributed by atoms with Crippen LogP contribution in [-0.4, -0.2) is 21.4 Å². The summed E-state index contributed by atoms with van der Waals surface area (Å²) < 4.78 is 7.49. The van der Waals surface area contributed by atoms with Gasteiger partial charge in [0.15, 0.2) is 5.13 Å². The first-order valence-corrected chi connectivity index (χ1v) is 8.10. The van der Waals surface area contributed by atoms with Crippen molar-refractivity contribution in [3.05, 3.63) is 47.6 Å². The smallest absolute Gasteiger partial charge is 0.183 e. The SMILES string of the molecule is Cn1cc(-c2csc(N[C@@H]3CCOc4ccccc43)n2)cn1. The number of para-hydroxylation sites is 1. The molecule has 112 valence electrons. The van der Waals surface area contributed by atoms with Gasteiger partial charge >= 0.3 is 0 Å². The molecule has 1 atom stereocenters. The first kappa shape index (κ1) is 13.3. The molecular formula is C16H16N4OS. The van der Waals surface area contributed by atoms with Crippen molar-refractivity contribution in [2.75, 3.05) is 11.9 Å². The Morgan fingerprint density at radius 2 is 2.27 bits per heavy atom. The van der Waals surface area contributed by atoms with Crippen LogP contribution < -0.4 is 10.1 Å². The third-order valence-corrected chi connectivity index (χ3v) is 4.53. The maximum absolute atomic E-state index is 5.70. The van der Waals surface area contributed by atoms with E-state index in [-0.39, 0.29) is 6.04 Å². The van der Waals surface area contributed by atoms with Gasteiger partial charge in [-0.3, -0.25) is 4.68 Å². The number of benzene rings is 1. The molecule has 0 saturated carbocycles. The lowest BCUT2D eigenvalue weighted by Gasteiger charge is -2.26. The van der Waals surface area contributed by atoms with Crippen molar-refractivity contribution < 1.29 is 4.74 Å². The maximum Gasteiger partial charge on any atom is 0.183 e. The summed E-state index contributed by atoms with van der Waals surface area (Å²) in [6.45, 7) is 0.732. The van der Waals surface area contributed by atoms with Gasteiger partial charge in [-0.2, -0.15) is 5.10 Å². The van der Waals surface area contributed by atoms with E-state index in [1.54, 1.807) is 16.0 Å². The van der Waals surface area contributed by atoms with Crippen LogP contribution in [-0.2, 0) is 7.05 Å². The van der Waals surface area contributed by atoms with Crippen molar-refractivity contribution in [3.8, 4) is 17.0 Å². The predicted molar refractivity (Wildman–Crippen MR) is 87.2 cm³/mol. The molecule has 3 aromatic rings. The van der Waals surface area contributed by atoms with E-state index in [0.29, 0.717) is 0 Å². The number of anilines is 1. The van der Waals surface area contributed by atoms with Crippen LogP contribution in [0.15, 0.2) is 42.0 Å². The molecule has 22 heavy (non-hydrogen) atoms. The number of aryl methyl sites for hydroxylation is 1. The molecule has 1 aromatic carbocycles. The van der Waals surface area contributed by atoms with E-state index in [9.17, 15) is 0 Å². The molecule has 5 nitrogen and oxygen atoms in total. The van der Waals surface area contributed by atoms with E-state index >= 15 is 0 Å². The van der Waals surface area contributed by atoms with Crippen LogP contribution in [0.5, 0.6) is 5.75 Å². The Morgan fingerprint density at radius 1 is 1.36 bits per heavy atom. The van der Waals surface area contributed by atoms with Crippen LogP contribution in [0.4, 0.5) is 5.13 Å². The summed E-state index contributed by atoms with van der Waals surface area (Å²) in [6.07, 6.45) is 4.75. The number of ether oxygens (including phenoxy) is 1. The van der Waals surface area contributed by atoms with E-state index < -0.39 is 0 Å². The lowest BCUT2D eigenvalue weighted by molar-refractivity contribution is 0.274. The monoisotopic (exact) mass is 312 g/mol. The minimum atomic E-state index is 0.248. The molecule has 4 rings (SSSR count). The number of nitrogens with zero attached hydrogens (tertiary/aromatic N) is 3. The quantitative estimate of drug-likeness (QED) is 0.804. The van der Waals surface area contributed by atoms with E-state index in [4.69, 9.17) is 4.74 Å². The summed E-state index contributed by atoms with van der Waals surface area (Å²) in [5.41, 5.74) is 3.20. The second-order valence-electron chi connectivity index (χ2n) is 5.31. The van der Waals surface area contributed by atoms with Gasteiger partial charge in [-0.1, -0.05) is 18.2 Å². The van der Waals surface area contributed by atoms with Crippen molar-refractivity contribution in [1.29, 1.82) is 0 Å². The summed E-state index contributed by atoms with van der Waals surface area (Å²) in [5, 5.41) is 10.7. The fraction of sp³-hybridized carbons (Fsp3) is 0.250. The van der Waals surface area contributed by atoms with Gasteiger partial charge in [0, 0.05) is 36.2 Å². The number of hydrogen-bond donors (Lipinski definition) is 1. The molecular weight excluding hydrogens is 296 g/mol. The summed E-state index contributed by atoms with van der Waals surface area (Å²) in [6, 6.07) is 8.43. The van der Waals surface area contributed by atoms with Crippen LogP contribution in [0.2, 0.25) is 0 Å². The summed E-state index contributed by atoms with van der Waals surface area (Å²) in [5.74, 6) is 0.968. The lowest BCUT2D eigenvalue weighted by Crippen LogP contribution is -2.20. The predicted octanol–water partition coefficient (Wildman–Crippen LogP) is 3.48. The highest BCUT2D eigenvalue weighted by molar-refractivity contribution is 7.14. The molecule has 2 aromatic heterocycles. The standard InChI is InChI=1S/C16H16N4OS/c1-20-9-11(8-17-20)14-10-22-16(19-14)18-13-6-7-21-15-5-3-2-4-12(13)15/h2-5,8-10,13H,6-7H2,1H3,(H,18,19)/t13-/m1/s1. The second kappa shape index (κ2) is 5.46. The number of nitrogens with one attached hydrogen (secondary N) is 1. The summed E-state index contributed by atoms with van der Waals surface area (Å²) in [7, 11) is 1.91. The van der Waals surface area contributed by atoms with Crippen LogP contribution >= 0.6 is 11.3 Å². The highest BCUT2D eigenvalue weighted by Crippen LogP contribution is 2.35. The topological polar surface area (TPSA) is 52.0 Å². The zero-order valence-corrected chi connectivity index (χ0v) is 13.0. The first-order chi connectivity index (χ1) is 10.8. The van der Waals surface area contributed by atoms with E-state index in [0.717, 1.165) is 35.2 Å². The Kier molecular flexibility index (Phi) is 3.31. The number of thiazole rings is 1. The molecule has 0 aliphatic carbocycles. The van der Waals surface area contributed by atoms with Crippen LogP contribution in [0.25, 0.3) is 11.3 Å². The van der Waals surface area contributed by atoms with Crippen molar-refractivity contribution in [1.82, 2.24) is 14.8 Å². The molecule has 3 heterocycles. The minimum Gasteiger partial charge on any atom is -0.493 e. The molecule has 1 aliphatic heterocycles. The lowest BCUT2D eigenvalue weighted by atomic mass is 10.0. The average molecular weight is 312 g/mol. The van der Waals surface area contributed by atoms with Crippen molar-refractivity contribution >= 4 is 16.5 Å². The molecule has 0 unspecified atom stereocenters. The zero-order chi connectivity index (χ0) is 14.9. The number of rotatable bonds is 3. The largest absolute Gasteiger partial charge is 0.493 e. The highest BCUT2D eigenvalue weighted by atomic mass is 32.1. The van der Waals surface area contributed by atoms with E-state index in [1.807, 2.05) is 37.6 Å². The fourth-order valence-corrected chi connectivity index (χ4v) is 3.44. The third kappa shape index (κ3) is 2.46. The van der Waals surface area contributed by atoms with Gasteiger partial charge in [-0.15, -0.1) is 11.3 Å². The fourth-order valence-electron chi connectivity index (χ4n) is 2.67. The van der Waals surface area contributed by atoms with Gasteiger partial charge in [0.25, 0.3) is 0 Å². The molecule has 1 aliphatic rings. The Labute approximate surface area is 132 Å². The maximum atomic E-state index is 5.70. The van der Waals surface area contributed by atoms with E-state index in [2.05, 4.69) is 26.8 Å². The molecule has 6 heteroatoms. The second-order valence-corrected chi connectivity index (χ2v) is 6.17. The minimum absolute atomic E-state index is 0.248. The van der Waals surface area contributed by atoms with Crippen molar-refractivity contribution in [3.63, 3.8) is 0 Å². The number of aromatic nitrogens is 3. The van der Waals surface area contributed by atoms with Crippen LogP contribution in [0.3, 0.4) is 0 Å². The van der Waals surface area contributed by atoms with Gasteiger partial charge in [0.2, 0.25) is 0 Å². The Morgan fingerprint density at radius 3 is 3.14 bits per heavy atom. The van der Waals surface area contributed by atoms with Gasteiger partial charge in [-0.05, 0) is 6.07 Å². The molecule has 1 N–H and O–H groups in total. The summed E-state index contributed by atoms with van der Waals surface area (Å²) in [4.78, 5) is 4.67. The first-order valence-electron chi connectivity index (χ1n) is 7.22. The average Bonchev–Trinajstić information content (AvgIpc) is 3.17. The molecule has 0 saturated heterocycles. The van der Waals surface area contributed by atoms with Gasteiger partial charge in [0.05, 0.1) is 24.5 Å². The molecule has 0 amide bonds. The van der Waals surface area contributed by atoms with Gasteiger partial charge in [-0.25, -0.2) is 4.98 Å². The van der Waals surface area contributed by atoms with Crippen LogP contribution in [0.1, 0.15) is 18.0 Å². The Bertz CT molecular complexity index is 795. The Hall–Kier alpha value is -2.34. The van der Waals surface area contributed by atoms with E-state index in [1.165, 1.54) is 5.56 Å². The zero-order valence-electron chi connectivity index (χ0n) is 12.2. The highest BCUT2D eigenvalue weighted by Gasteiger charge is 2.21. The Balaban J connectivity index is 1.56. The van der Waals surface area contributed by atoms with Crippen molar-refractivity contribution in [2.45, 2.75) is 12.5 Å². The number of hydrogen-bond acceptors (Lipinski definition) is 5. The van der Waals surface area contributed by atoms with Crippen LogP contribution in [0, 0.1) is 0 Å². The molecule has 0 radical (unpaired) electrons. The van der Waals surface area contributed by atoms with Gasteiger partial charge in [0.1, 0.15) is 5.75 Å².